The van der Waals surface area contributed by atoms with Gasteiger partial charge in [0.15, 0.2) is 0 Å². The first-order valence-corrected chi connectivity index (χ1v) is 4.87. The van der Waals surface area contributed by atoms with Crippen molar-refractivity contribution in [3.05, 3.63) is 0 Å². The van der Waals surface area contributed by atoms with E-state index in [0.717, 1.165) is 6.54 Å². The molecule has 3 N–H and O–H groups in total. The van der Waals surface area contributed by atoms with Crippen LogP contribution in [0, 0.1) is 5.92 Å². The van der Waals surface area contributed by atoms with Crippen LogP contribution in [-0.2, 0) is 9.53 Å². The zero-order chi connectivity index (χ0) is 10.6. The highest BCUT2D eigenvalue weighted by molar-refractivity contribution is 5.79. The summed E-state index contributed by atoms with van der Waals surface area (Å²) in [5.41, 5.74) is 5.72. The molecule has 1 aliphatic heterocycles. The number of nitrogens with zero attached hydrogens (tertiary/aromatic N) is 1. The summed E-state index contributed by atoms with van der Waals surface area (Å²) >= 11 is 0. The third kappa shape index (κ3) is 3.25. The highest BCUT2D eigenvalue weighted by Gasteiger charge is 2.30. The lowest BCUT2D eigenvalue weighted by atomic mass is 10.0. The molecule has 0 aromatic rings. The summed E-state index contributed by atoms with van der Waals surface area (Å²) in [6.07, 6.45) is 0. The van der Waals surface area contributed by atoms with E-state index in [1.165, 1.54) is 0 Å². The lowest BCUT2D eigenvalue weighted by molar-refractivity contribution is -0.125. The fourth-order valence-electron chi connectivity index (χ4n) is 1.37. The Morgan fingerprint density at radius 3 is 2.79 bits per heavy atom. The minimum absolute atomic E-state index is 0.0110. The molecular formula is C9H19N3O2. The van der Waals surface area contributed by atoms with Crippen LogP contribution in [0.4, 0.5) is 0 Å². The molecular weight excluding hydrogens is 182 g/mol. The number of nitrogens with two attached hydrogens (primary N) is 1. The number of ether oxygens (including phenoxy) is 1. The van der Waals surface area contributed by atoms with Crippen molar-refractivity contribution in [2.75, 3.05) is 40.4 Å². The van der Waals surface area contributed by atoms with Crippen LogP contribution in [0.25, 0.3) is 0 Å². The molecule has 5 nitrogen and oxygen atoms in total. The fraction of sp³-hybridized carbons (Fsp3) is 0.889. The zero-order valence-corrected chi connectivity index (χ0v) is 8.82. The average molecular weight is 201 g/mol. The van der Waals surface area contributed by atoms with Crippen molar-refractivity contribution in [1.29, 1.82) is 0 Å². The standard InChI is InChI=1S/C9H19N3O2/c1-12(2)4-3-11-9(13)7-5-14-6-8(7)10/h7-8H,3-6,10H2,1-2H3,(H,11,13). The van der Waals surface area contributed by atoms with Gasteiger partial charge >= 0.3 is 0 Å². The Morgan fingerprint density at radius 2 is 2.29 bits per heavy atom. The summed E-state index contributed by atoms with van der Waals surface area (Å²) in [6, 6.07) is -0.144. The largest absolute Gasteiger partial charge is 0.379 e. The van der Waals surface area contributed by atoms with E-state index in [9.17, 15) is 4.79 Å². The Kier molecular flexibility index (Phi) is 4.31. The molecule has 1 rings (SSSR count). The maximum absolute atomic E-state index is 11.5. The maximum atomic E-state index is 11.5. The molecule has 1 aliphatic rings. The summed E-state index contributed by atoms with van der Waals surface area (Å²) < 4.78 is 5.12. The molecule has 2 atom stereocenters. The first-order chi connectivity index (χ1) is 6.61. The summed E-state index contributed by atoms with van der Waals surface area (Å²) in [6.45, 7) is 2.45. The van der Waals surface area contributed by atoms with E-state index in [0.29, 0.717) is 19.8 Å². The lowest BCUT2D eigenvalue weighted by Crippen LogP contribution is -2.42. The predicted molar refractivity (Wildman–Crippen MR) is 53.8 cm³/mol. The van der Waals surface area contributed by atoms with E-state index in [-0.39, 0.29) is 17.9 Å². The van der Waals surface area contributed by atoms with Crippen LogP contribution >= 0.6 is 0 Å². The van der Waals surface area contributed by atoms with Crippen molar-refractivity contribution >= 4 is 5.91 Å². The van der Waals surface area contributed by atoms with Gasteiger partial charge in [-0.25, -0.2) is 0 Å². The van der Waals surface area contributed by atoms with Crippen LogP contribution in [0.2, 0.25) is 0 Å². The highest BCUT2D eigenvalue weighted by atomic mass is 16.5. The molecule has 0 spiro atoms. The molecule has 0 saturated carbocycles. The number of rotatable bonds is 4. The molecule has 82 valence electrons. The van der Waals surface area contributed by atoms with Gasteiger partial charge in [-0.1, -0.05) is 0 Å². The number of nitrogens with one attached hydrogen (secondary N) is 1. The molecule has 1 fully saturated rings. The Labute approximate surface area is 84.6 Å². The molecule has 2 unspecified atom stereocenters. The van der Waals surface area contributed by atoms with Gasteiger partial charge in [-0.15, -0.1) is 0 Å². The van der Waals surface area contributed by atoms with Crippen molar-refractivity contribution in [3.63, 3.8) is 0 Å². The average Bonchev–Trinajstić information content (AvgIpc) is 2.50. The molecule has 1 amide bonds. The molecule has 0 radical (unpaired) electrons. The van der Waals surface area contributed by atoms with Gasteiger partial charge in [0.25, 0.3) is 0 Å². The SMILES string of the molecule is CN(C)CCNC(=O)C1COCC1N. The van der Waals surface area contributed by atoms with Gasteiger partial charge in [-0.3, -0.25) is 4.79 Å². The van der Waals surface area contributed by atoms with E-state index in [1.54, 1.807) is 0 Å². The summed E-state index contributed by atoms with van der Waals surface area (Å²) in [5, 5.41) is 2.85. The van der Waals surface area contributed by atoms with Gasteiger partial charge in [0, 0.05) is 19.1 Å². The summed E-state index contributed by atoms with van der Waals surface area (Å²) in [7, 11) is 3.94. The van der Waals surface area contributed by atoms with Crippen LogP contribution in [0.3, 0.4) is 0 Å². The number of hydrogen-bond acceptors (Lipinski definition) is 4. The van der Waals surface area contributed by atoms with Gasteiger partial charge < -0.3 is 20.7 Å². The number of likely N-dealkylation sites (N-methyl/N-ethyl adjacent to an activating group) is 1. The molecule has 0 aliphatic carbocycles. The molecule has 0 bridgehead atoms. The smallest absolute Gasteiger partial charge is 0.227 e. The van der Waals surface area contributed by atoms with Crippen molar-refractivity contribution < 1.29 is 9.53 Å². The maximum Gasteiger partial charge on any atom is 0.227 e. The van der Waals surface area contributed by atoms with Gasteiger partial charge in [0.2, 0.25) is 5.91 Å². The van der Waals surface area contributed by atoms with E-state index in [1.807, 2.05) is 19.0 Å². The van der Waals surface area contributed by atoms with E-state index in [2.05, 4.69) is 5.32 Å². The quantitative estimate of drug-likeness (QED) is 0.589. The van der Waals surface area contributed by atoms with E-state index < -0.39 is 0 Å². The fourth-order valence-corrected chi connectivity index (χ4v) is 1.37. The Balaban J connectivity index is 2.21. The summed E-state index contributed by atoms with van der Waals surface area (Å²) in [5.74, 6) is -0.158. The lowest BCUT2D eigenvalue weighted by Gasteiger charge is -2.15. The van der Waals surface area contributed by atoms with Crippen LogP contribution in [0.15, 0.2) is 0 Å². The first kappa shape index (κ1) is 11.4. The van der Waals surface area contributed by atoms with Crippen LogP contribution in [0.1, 0.15) is 0 Å². The molecule has 1 heterocycles. The van der Waals surface area contributed by atoms with Gasteiger partial charge in [0.1, 0.15) is 0 Å². The number of hydrogen-bond donors (Lipinski definition) is 2. The third-order valence-electron chi connectivity index (χ3n) is 2.32. The highest BCUT2D eigenvalue weighted by Crippen LogP contribution is 2.10. The Hall–Kier alpha value is -0.650. The minimum Gasteiger partial charge on any atom is -0.379 e. The van der Waals surface area contributed by atoms with Crippen molar-refractivity contribution in [2.24, 2.45) is 11.7 Å². The monoisotopic (exact) mass is 201 g/mol. The number of carbonyl (C=O) groups excluding carboxylic acids is 1. The van der Waals surface area contributed by atoms with Crippen molar-refractivity contribution in [1.82, 2.24) is 10.2 Å². The minimum atomic E-state index is -0.169. The van der Waals surface area contributed by atoms with Gasteiger partial charge in [-0.05, 0) is 14.1 Å². The van der Waals surface area contributed by atoms with Gasteiger partial charge in [-0.2, -0.15) is 0 Å². The van der Waals surface area contributed by atoms with Crippen LogP contribution in [-0.4, -0.2) is 57.2 Å². The second kappa shape index (κ2) is 5.29. The zero-order valence-electron chi connectivity index (χ0n) is 8.82. The van der Waals surface area contributed by atoms with Crippen LogP contribution in [0.5, 0.6) is 0 Å². The normalized spacial score (nSPS) is 26.9. The number of carbonyl (C=O) groups is 1. The third-order valence-corrected chi connectivity index (χ3v) is 2.32. The van der Waals surface area contributed by atoms with E-state index in [4.69, 9.17) is 10.5 Å². The second-order valence-electron chi connectivity index (χ2n) is 3.90. The first-order valence-electron chi connectivity index (χ1n) is 4.87. The number of amides is 1. The van der Waals surface area contributed by atoms with Crippen molar-refractivity contribution in [2.45, 2.75) is 6.04 Å². The van der Waals surface area contributed by atoms with Crippen molar-refractivity contribution in [3.8, 4) is 0 Å². The molecule has 0 aromatic carbocycles. The topological polar surface area (TPSA) is 67.6 Å². The summed E-state index contributed by atoms with van der Waals surface area (Å²) in [4.78, 5) is 13.6. The van der Waals surface area contributed by atoms with Crippen LogP contribution < -0.4 is 11.1 Å². The second-order valence-corrected chi connectivity index (χ2v) is 3.90. The Bertz CT molecular complexity index is 196. The van der Waals surface area contributed by atoms with E-state index >= 15 is 0 Å². The van der Waals surface area contributed by atoms with Gasteiger partial charge in [0.05, 0.1) is 19.1 Å². The molecule has 14 heavy (non-hydrogen) atoms. The molecule has 1 saturated heterocycles. The molecule has 0 aromatic heterocycles. The molecule has 5 heteroatoms. The Morgan fingerprint density at radius 1 is 1.57 bits per heavy atom. The predicted octanol–water partition coefficient (Wildman–Crippen LogP) is -1.36.